The summed E-state index contributed by atoms with van der Waals surface area (Å²) in [7, 11) is 3.29. The Balaban J connectivity index is 1.76. The van der Waals surface area contributed by atoms with Crippen molar-refractivity contribution in [3.8, 4) is 17.2 Å². The van der Waals surface area contributed by atoms with E-state index in [1.54, 1.807) is 14.2 Å². The molecule has 0 bridgehead atoms. The van der Waals surface area contributed by atoms with E-state index in [-0.39, 0.29) is 12.0 Å². The number of methoxy groups -OCH3 is 2. The van der Waals surface area contributed by atoms with Crippen molar-refractivity contribution in [3.63, 3.8) is 0 Å². The standard InChI is InChI=1S/C24H33NO4/c1-4-11-25-12-10-21(26)20(16-25)13-19-14-22(27-2)24(23(15-19)28-3)29-17-18-8-6-5-7-9-18/h5-9,14-15,20-21,26H,4,10-13,16-17H2,1-3H3. The van der Waals surface area contributed by atoms with Gasteiger partial charge in [0.1, 0.15) is 6.61 Å². The Morgan fingerprint density at radius 2 is 1.72 bits per heavy atom. The Hall–Kier alpha value is -2.24. The van der Waals surface area contributed by atoms with Gasteiger partial charge in [-0.1, -0.05) is 37.3 Å². The molecule has 2 aromatic carbocycles. The number of rotatable bonds is 9. The summed E-state index contributed by atoms with van der Waals surface area (Å²) in [5.41, 5.74) is 2.18. The maximum absolute atomic E-state index is 10.5. The van der Waals surface area contributed by atoms with E-state index in [0.29, 0.717) is 23.9 Å². The largest absolute Gasteiger partial charge is 0.493 e. The topological polar surface area (TPSA) is 51.2 Å². The number of benzene rings is 2. The molecule has 0 amide bonds. The Labute approximate surface area is 174 Å². The van der Waals surface area contributed by atoms with Gasteiger partial charge in [-0.05, 0) is 49.1 Å². The van der Waals surface area contributed by atoms with Gasteiger partial charge in [0.05, 0.1) is 20.3 Å². The molecule has 1 aliphatic rings. The summed E-state index contributed by atoms with van der Waals surface area (Å²) >= 11 is 0. The number of aliphatic hydroxyl groups is 1. The van der Waals surface area contributed by atoms with Crippen molar-refractivity contribution in [1.82, 2.24) is 4.90 Å². The van der Waals surface area contributed by atoms with E-state index in [4.69, 9.17) is 14.2 Å². The average molecular weight is 400 g/mol. The molecule has 29 heavy (non-hydrogen) atoms. The number of nitrogens with zero attached hydrogens (tertiary/aromatic N) is 1. The molecule has 2 atom stereocenters. The van der Waals surface area contributed by atoms with Crippen LogP contribution in [0.1, 0.15) is 30.9 Å². The molecule has 0 aliphatic carbocycles. The second-order valence-corrected chi connectivity index (χ2v) is 7.72. The molecule has 5 nitrogen and oxygen atoms in total. The number of likely N-dealkylation sites (tertiary alicyclic amines) is 1. The number of hydrogen-bond acceptors (Lipinski definition) is 5. The molecule has 1 saturated heterocycles. The molecule has 2 aromatic rings. The van der Waals surface area contributed by atoms with Gasteiger partial charge in [-0.25, -0.2) is 0 Å². The monoisotopic (exact) mass is 399 g/mol. The highest BCUT2D eigenvalue weighted by molar-refractivity contribution is 5.54. The van der Waals surface area contributed by atoms with E-state index >= 15 is 0 Å². The quantitative estimate of drug-likeness (QED) is 0.693. The second-order valence-electron chi connectivity index (χ2n) is 7.72. The van der Waals surface area contributed by atoms with Crippen molar-refractivity contribution in [2.24, 2.45) is 5.92 Å². The van der Waals surface area contributed by atoms with Crippen LogP contribution in [0.5, 0.6) is 17.2 Å². The lowest BCUT2D eigenvalue weighted by molar-refractivity contribution is 0.0270. The molecule has 1 fully saturated rings. The van der Waals surface area contributed by atoms with Crippen molar-refractivity contribution in [1.29, 1.82) is 0 Å². The van der Waals surface area contributed by atoms with Crippen LogP contribution in [0.25, 0.3) is 0 Å². The van der Waals surface area contributed by atoms with Gasteiger partial charge in [-0.2, -0.15) is 0 Å². The third-order valence-corrected chi connectivity index (χ3v) is 5.56. The fourth-order valence-electron chi connectivity index (χ4n) is 4.04. The Morgan fingerprint density at radius 3 is 2.34 bits per heavy atom. The highest BCUT2D eigenvalue weighted by atomic mass is 16.5. The molecule has 0 aromatic heterocycles. The van der Waals surface area contributed by atoms with Crippen molar-refractivity contribution >= 4 is 0 Å². The Kier molecular flexibility index (Phi) is 7.78. The van der Waals surface area contributed by atoms with Crippen LogP contribution in [0.4, 0.5) is 0 Å². The fourth-order valence-corrected chi connectivity index (χ4v) is 4.04. The molecule has 0 saturated carbocycles. The van der Waals surface area contributed by atoms with E-state index < -0.39 is 0 Å². The Bertz CT molecular complexity index is 740. The summed E-state index contributed by atoms with van der Waals surface area (Å²) < 4.78 is 17.3. The molecule has 1 N–H and O–H groups in total. The highest BCUT2D eigenvalue weighted by Gasteiger charge is 2.28. The van der Waals surface area contributed by atoms with Crippen molar-refractivity contribution < 1.29 is 19.3 Å². The molecule has 0 spiro atoms. The maximum Gasteiger partial charge on any atom is 0.203 e. The summed E-state index contributed by atoms with van der Waals surface area (Å²) in [6, 6.07) is 14.0. The number of ether oxygens (including phenoxy) is 3. The van der Waals surface area contributed by atoms with Crippen molar-refractivity contribution in [2.75, 3.05) is 33.9 Å². The van der Waals surface area contributed by atoms with E-state index in [1.807, 2.05) is 42.5 Å². The first-order valence-electron chi connectivity index (χ1n) is 10.5. The molecule has 1 heterocycles. The molecular weight excluding hydrogens is 366 g/mol. The van der Waals surface area contributed by atoms with Gasteiger partial charge in [0.15, 0.2) is 11.5 Å². The fraction of sp³-hybridized carbons (Fsp3) is 0.500. The first kappa shape index (κ1) is 21.5. The SMILES string of the molecule is CCCN1CCC(O)C(Cc2cc(OC)c(OCc3ccccc3)c(OC)c2)C1. The van der Waals surface area contributed by atoms with Crippen LogP contribution >= 0.6 is 0 Å². The van der Waals surface area contributed by atoms with Gasteiger partial charge in [0.25, 0.3) is 0 Å². The zero-order chi connectivity index (χ0) is 20.6. The predicted molar refractivity (Wildman–Crippen MR) is 115 cm³/mol. The lowest BCUT2D eigenvalue weighted by Gasteiger charge is -2.36. The van der Waals surface area contributed by atoms with E-state index in [9.17, 15) is 5.11 Å². The van der Waals surface area contributed by atoms with Gasteiger partial charge in [-0.15, -0.1) is 0 Å². The minimum Gasteiger partial charge on any atom is -0.493 e. The number of piperidine rings is 1. The first-order chi connectivity index (χ1) is 14.1. The second kappa shape index (κ2) is 10.5. The minimum atomic E-state index is -0.269. The van der Waals surface area contributed by atoms with Gasteiger partial charge >= 0.3 is 0 Å². The van der Waals surface area contributed by atoms with Crippen LogP contribution in [-0.2, 0) is 13.0 Å². The predicted octanol–water partition coefficient (Wildman–Crippen LogP) is 3.92. The lowest BCUT2D eigenvalue weighted by Crippen LogP contribution is -2.44. The third kappa shape index (κ3) is 5.64. The molecule has 5 heteroatoms. The van der Waals surface area contributed by atoms with Crippen LogP contribution in [0, 0.1) is 5.92 Å². The molecule has 1 aliphatic heterocycles. The van der Waals surface area contributed by atoms with Crippen LogP contribution < -0.4 is 14.2 Å². The van der Waals surface area contributed by atoms with Crippen molar-refractivity contribution in [3.05, 3.63) is 53.6 Å². The average Bonchev–Trinajstić information content (AvgIpc) is 2.75. The van der Waals surface area contributed by atoms with Crippen LogP contribution in [0.3, 0.4) is 0 Å². The smallest absolute Gasteiger partial charge is 0.203 e. The summed E-state index contributed by atoms with van der Waals surface area (Å²) in [5.74, 6) is 2.14. The summed E-state index contributed by atoms with van der Waals surface area (Å²) in [6.07, 6.45) is 2.48. The van der Waals surface area contributed by atoms with Gasteiger partial charge < -0.3 is 24.2 Å². The first-order valence-corrected chi connectivity index (χ1v) is 10.5. The van der Waals surface area contributed by atoms with Gasteiger partial charge in [0.2, 0.25) is 5.75 Å². The van der Waals surface area contributed by atoms with Crippen LogP contribution in [-0.4, -0.2) is 50.0 Å². The lowest BCUT2D eigenvalue weighted by atomic mass is 9.88. The highest BCUT2D eigenvalue weighted by Crippen LogP contribution is 2.40. The normalized spacial score (nSPS) is 19.7. The zero-order valence-corrected chi connectivity index (χ0v) is 17.8. The minimum absolute atomic E-state index is 0.209. The molecule has 158 valence electrons. The molecule has 3 rings (SSSR count). The molecular formula is C24H33NO4. The summed E-state index contributed by atoms with van der Waals surface area (Å²) in [6.45, 7) is 5.63. The van der Waals surface area contributed by atoms with E-state index in [1.165, 1.54) is 0 Å². The third-order valence-electron chi connectivity index (χ3n) is 5.56. The van der Waals surface area contributed by atoms with E-state index in [2.05, 4.69) is 11.8 Å². The van der Waals surface area contributed by atoms with Crippen LogP contribution in [0.15, 0.2) is 42.5 Å². The Morgan fingerprint density at radius 1 is 1.03 bits per heavy atom. The number of hydrogen-bond donors (Lipinski definition) is 1. The number of aliphatic hydroxyl groups excluding tert-OH is 1. The van der Waals surface area contributed by atoms with Crippen LogP contribution in [0.2, 0.25) is 0 Å². The summed E-state index contributed by atoms with van der Waals surface area (Å²) in [5, 5.41) is 10.5. The maximum atomic E-state index is 10.5. The van der Waals surface area contributed by atoms with Gasteiger partial charge in [0, 0.05) is 19.0 Å². The van der Waals surface area contributed by atoms with E-state index in [0.717, 1.165) is 50.0 Å². The molecule has 2 unspecified atom stereocenters. The molecule has 0 radical (unpaired) electrons. The zero-order valence-electron chi connectivity index (χ0n) is 17.8. The summed E-state index contributed by atoms with van der Waals surface area (Å²) in [4.78, 5) is 2.45. The van der Waals surface area contributed by atoms with Gasteiger partial charge in [-0.3, -0.25) is 0 Å². The van der Waals surface area contributed by atoms with Crippen molar-refractivity contribution in [2.45, 2.75) is 38.9 Å².